The zero-order valence-corrected chi connectivity index (χ0v) is 13.7. The van der Waals surface area contributed by atoms with Gasteiger partial charge >= 0.3 is 0 Å². The minimum atomic E-state index is -0.862. The lowest BCUT2D eigenvalue weighted by Gasteiger charge is -2.28. The van der Waals surface area contributed by atoms with Crippen LogP contribution in [-0.2, 0) is 5.54 Å². The Labute approximate surface area is 139 Å². The zero-order chi connectivity index (χ0) is 17.3. The highest BCUT2D eigenvalue weighted by atomic mass is 19.1. The van der Waals surface area contributed by atoms with Crippen LogP contribution in [0.3, 0.4) is 0 Å². The Hall–Kier alpha value is -2.19. The fraction of sp³-hybridized carbons (Fsp3) is 0.500. The fourth-order valence-corrected chi connectivity index (χ4v) is 3.07. The van der Waals surface area contributed by atoms with E-state index in [4.69, 9.17) is 5.73 Å². The Bertz CT molecular complexity index is 713. The minimum absolute atomic E-state index is 0.0504. The summed E-state index contributed by atoms with van der Waals surface area (Å²) < 4.78 is 13.8. The second-order valence-corrected chi connectivity index (χ2v) is 6.45. The normalized spacial score (nSPS) is 23.9. The van der Waals surface area contributed by atoms with Crippen LogP contribution < -0.4 is 10.6 Å². The van der Waals surface area contributed by atoms with Crippen LogP contribution in [-0.4, -0.2) is 44.7 Å². The number of anilines is 1. The lowest BCUT2D eigenvalue weighted by atomic mass is 9.86. The third-order valence-corrected chi connectivity index (χ3v) is 4.47. The molecule has 0 aromatic carbocycles. The first-order valence-electron chi connectivity index (χ1n) is 7.89. The molecule has 1 aliphatic rings. The van der Waals surface area contributed by atoms with E-state index in [0.717, 1.165) is 0 Å². The number of aliphatic hydroxyl groups excluding tert-OH is 1. The Kier molecular flexibility index (Phi) is 4.42. The van der Waals surface area contributed by atoms with Crippen LogP contribution in [0.1, 0.15) is 31.2 Å². The lowest BCUT2D eigenvalue weighted by Crippen LogP contribution is -2.46. The van der Waals surface area contributed by atoms with E-state index in [1.807, 2.05) is 18.7 Å². The van der Waals surface area contributed by atoms with E-state index in [9.17, 15) is 9.50 Å². The van der Waals surface area contributed by atoms with Gasteiger partial charge in [-0.3, -0.25) is 9.97 Å². The van der Waals surface area contributed by atoms with Crippen LogP contribution >= 0.6 is 0 Å². The molecule has 7 nitrogen and oxygen atoms in total. The largest absolute Gasteiger partial charge is 0.396 e. The smallest absolute Gasteiger partial charge is 0.225 e. The summed E-state index contributed by atoms with van der Waals surface area (Å²) in [6.07, 6.45) is 5.94. The van der Waals surface area contributed by atoms with Crippen LogP contribution in [0, 0.1) is 11.7 Å². The topological polar surface area (TPSA) is 101 Å². The van der Waals surface area contributed by atoms with E-state index < -0.39 is 11.4 Å². The molecule has 2 unspecified atom stereocenters. The monoisotopic (exact) mass is 332 g/mol. The first-order chi connectivity index (χ1) is 11.5. The molecule has 0 amide bonds. The van der Waals surface area contributed by atoms with Crippen LogP contribution in [0.4, 0.5) is 10.3 Å². The van der Waals surface area contributed by atoms with Gasteiger partial charge in [-0.15, -0.1) is 0 Å². The van der Waals surface area contributed by atoms with Gasteiger partial charge in [-0.05, 0) is 5.92 Å². The second-order valence-electron chi connectivity index (χ2n) is 6.45. The summed E-state index contributed by atoms with van der Waals surface area (Å²) in [6.45, 7) is 4.50. The van der Waals surface area contributed by atoms with Crippen molar-refractivity contribution in [3.05, 3.63) is 42.0 Å². The fourth-order valence-electron chi connectivity index (χ4n) is 3.07. The number of aromatic nitrogens is 4. The molecule has 0 radical (unpaired) electrons. The quantitative estimate of drug-likeness (QED) is 0.854. The highest BCUT2D eigenvalue weighted by Gasteiger charge is 2.46. The summed E-state index contributed by atoms with van der Waals surface area (Å²) in [5.41, 5.74) is 6.67. The molecule has 1 fully saturated rings. The zero-order valence-electron chi connectivity index (χ0n) is 13.7. The van der Waals surface area contributed by atoms with Crippen molar-refractivity contribution in [1.82, 2.24) is 19.9 Å². The molecular weight excluding hydrogens is 311 g/mol. The van der Waals surface area contributed by atoms with E-state index in [1.165, 1.54) is 6.20 Å². The Morgan fingerprint density at radius 1 is 1.38 bits per heavy atom. The Balaban J connectivity index is 1.94. The third kappa shape index (κ3) is 2.83. The predicted molar refractivity (Wildman–Crippen MR) is 86.8 cm³/mol. The molecule has 0 bridgehead atoms. The molecule has 3 N–H and O–H groups in total. The van der Waals surface area contributed by atoms with Crippen molar-refractivity contribution in [2.24, 2.45) is 11.7 Å². The van der Waals surface area contributed by atoms with Crippen LogP contribution in [0.15, 0.2) is 24.8 Å². The van der Waals surface area contributed by atoms with Gasteiger partial charge in [-0.2, -0.15) is 0 Å². The van der Waals surface area contributed by atoms with Gasteiger partial charge in [0.15, 0.2) is 5.82 Å². The average Bonchev–Trinajstić information content (AvgIpc) is 2.94. The van der Waals surface area contributed by atoms with Gasteiger partial charge in [0.05, 0.1) is 29.3 Å². The van der Waals surface area contributed by atoms with E-state index >= 15 is 0 Å². The van der Waals surface area contributed by atoms with Gasteiger partial charge < -0.3 is 15.7 Å². The van der Waals surface area contributed by atoms with Crippen molar-refractivity contribution < 1.29 is 9.50 Å². The van der Waals surface area contributed by atoms with Crippen molar-refractivity contribution in [3.63, 3.8) is 0 Å². The van der Waals surface area contributed by atoms with Crippen LogP contribution in [0.25, 0.3) is 0 Å². The summed E-state index contributed by atoms with van der Waals surface area (Å²) >= 11 is 0. The maximum Gasteiger partial charge on any atom is 0.225 e. The first-order valence-corrected chi connectivity index (χ1v) is 7.89. The molecule has 0 spiro atoms. The van der Waals surface area contributed by atoms with Gasteiger partial charge in [0, 0.05) is 38.0 Å². The summed E-state index contributed by atoms with van der Waals surface area (Å²) in [5.74, 6) is -0.301. The number of hydrogen-bond donors (Lipinski definition) is 2. The number of nitrogens with two attached hydrogens (primary N) is 1. The van der Waals surface area contributed by atoms with Gasteiger partial charge in [0.1, 0.15) is 0 Å². The van der Waals surface area contributed by atoms with Crippen LogP contribution in [0.2, 0.25) is 0 Å². The van der Waals surface area contributed by atoms with Crippen molar-refractivity contribution in [1.29, 1.82) is 0 Å². The van der Waals surface area contributed by atoms with Gasteiger partial charge in [0.2, 0.25) is 5.95 Å². The Morgan fingerprint density at radius 2 is 2.17 bits per heavy atom. The highest BCUT2D eigenvalue weighted by molar-refractivity contribution is 5.38. The molecule has 1 saturated heterocycles. The number of rotatable bonds is 4. The van der Waals surface area contributed by atoms with Crippen molar-refractivity contribution in [2.75, 3.05) is 24.6 Å². The van der Waals surface area contributed by atoms with Gasteiger partial charge in [0.25, 0.3) is 0 Å². The number of halogens is 1. The number of aliphatic hydroxyl groups is 1. The maximum absolute atomic E-state index is 13.8. The lowest BCUT2D eigenvalue weighted by molar-refractivity contribution is 0.184. The second kappa shape index (κ2) is 6.37. The van der Waals surface area contributed by atoms with E-state index in [1.54, 1.807) is 18.6 Å². The standard InChI is InChI=1S/C16H21FN6O/c1-10(2)14-12(17)5-21-15(22-14)23-7-11(8-24)16(18,9-23)13-6-19-3-4-20-13/h3-6,10-11,24H,7-9,18H2,1-2H3. The molecular formula is C16H21FN6O. The molecule has 0 aliphatic carbocycles. The molecule has 128 valence electrons. The Morgan fingerprint density at radius 3 is 2.79 bits per heavy atom. The maximum atomic E-state index is 13.8. The van der Waals surface area contributed by atoms with Crippen molar-refractivity contribution in [2.45, 2.75) is 25.3 Å². The van der Waals surface area contributed by atoms with E-state index in [-0.39, 0.29) is 18.4 Å². The van der Waals surface area contributed by atoms with Gasteiger partial charge in [-0.1, -0.05) is 13.8 Å². The first kappa shape index (κ1) is 16.7. The summed E-state index contributed by atoms with van der Waals surface area (Å²) in [7, 11) is 0. The molecule has 3 heterocycles. The molecule has 2 aromatic rings. The molecule has 1 aliphatic heterocycles. The summed E-state index contributed by atoms with van der Waals surface area (Å²) in [5, 5.41) is 9.76. The summed E-state index contributed by atoms with van der Waals surface area (Å²) in [6, 6.07) is 0. The molecule has 24 heavy (non-hydrogen) atoms. The van der Waals surface area contributed by atoms with Crippen LogP contribution in [0.5, 0.6) is 0 Å². The minimum Gasteiger partial charge on any atom is -0.396 e. The average molecular weight is 332 g/mol. The van der Waals surface area contributed by atoms with Crippen molar-refractivity contribution >= 4 is 5.95 Å². The molecule has 2 aromatic heterocycles. The molecule has 3 rings (SSSR count). The SMILES string of the molecule is CC(C)c1nc(N2CC(CO)C(N)(c3cnccn3)C2)ncc1F. The predicted octanol–water partition coefficient (Wildman–Crippen LogP) is 0.812. The van der Waals surface area contributed by atoms with Gasteiger partial charge in [-0.25, -0.2) is 14.4 Å². The number of nitrogens with zero attached hydrogens (tertiary/aromatic N) is 5. The molecule has 0 saturated carbocycles. The highest BCUT2D eigenvalue weighted by Crippen LogP contribution is 2.35. The third-order valence-electron chi connectivity index (χ3n) is 4.47. The van der Waals surface area contributed by atoms with E-state index in [2.05, 4.69) is 19.9 Å². The van der Waals surface area contributed by atoms with Crippen molar-refractivity contribution in [3.8, 4) is 0 Å². The van der Waals surface area contributed by atoms with E-state index in [0.29, 0.717) is 30.4 Å². The molecule has 2 atom stereocenters. The molecule has 8 heteroatoms. The summed E-state index contributed by atoms with van der Waals surface area (Å²) in [4.78, 5) is 18.7. The number of hydrogen-bond acceptors (Lipinski definition) is 7.